The molecule has 0 amide bonds. The molecule has 0 atom stereocenters. The number of carbonyl (C=O) groups is 1. The van der Waals surface area contributed by atoms with Gasteiger partial charge in [0.1, 0.15) is 5.75 Å². The maximum Gasteiger partial charge on any atom is 0.314 e. The Kier molecular flexibility index (Phi) is 3.77. The lowest BCUT2D eigenvalue weighted by Gasteiger charge is -2.35. The predicted octanol–water partition coefficient (Wildman–Crippen LogP) is 3.95. The van der Waals surface area contributed by atoms with E-state index in [1.54, 1.807) is 13.0 Å². The summed E-state index contributed by atoms with van der Waals surface area (Å²) in [6, 6.07) is 1.76. The standard InChI is InChI=1S/C15H19ClO3/c1-9-8-11(16)10(2)13(17)12(9)15(14(18)19)6-4-3-5-7-15/h8,17H,3-7H2,1-2H3,(H,18,19). The summed E-state index contributed by atoms with van der Waals surface area (Å²) in [5.74, 6) is -0.790. The van der Waals surface area contributed by atoms with Crippen LogP contribution in [0.15, 0.2) is 6.07 Å². The highest BCUT2D eigenvalue weighted by Gasteiger charge is 2.44. The first-order valence-electron chi connectivity index (χ1n) is 6.62. The Morgan fingerprint density at radius 3 is 2.37 bits per heavy atom. The van der Waals surface area contributed by atoms with Gasteiger partial charge in [0.05, 0.1) is 5.41 Å². The van der Waals surface area contributed by atoms with Crippen molar-refractivity contribution < 1.29 is 15.0 Å². The monoisotopic (exact) mass is 282 g/mol. The topological polar surface area (TPSA) is 57.5 Å². The summed E-state index contributed by atoms with van der Waals surface area (Å²) in [6.45, 7) is 3.54. The number of hydrogen-bond donors (Lipinski definition) is 2. The van der Waals surface area contributed by atoms with Gasteiger partial charge in [0.15, 0.2) is 0 Å². The lowest BCUT2D eigenvalue weighted by molar-refractivity contribution is -0.145. The van der Waals surface area contributed by atoms with Crippen molar-refractivity contribution in [3.63, 3.8) is 0 Å². The van der Waals surface area contributed by atoms with E-state index in [4.69, 9.17) is 11.6 Å². The second kappa shape index (κ2) is 5.04. The molecule has 1 aliphatic rings. The summed E-state index contributed by atoms with van der Waals surface area (Å²) in [4.78, 5) is 11.8. The van der Waals surface area contributed by atoms with Crippen LogP contribution in [0.2, 0.25) is 5.02 Å². The van der Waals surface area contributed by atoms with Gasteiger partial charge in [0.25, 0.3) is 0 Å². The van der Waals surface area contributed by atoms with Crippen molar-refractivity contribution >= 4 is 17.6 Å². The zero-order valence-corrected chi connectivity index (χ0v) is 12.0. The molecule has 1 saturated carbocycles. The minimum atomic E-state index is -0.957. The van der Waals surface area contributed by atoms with Crippen molar-refractivity contribution in [2.45, 2.75) is 51.4 Å². The van der Waals surface area contributed by atoms with Crippen LogP contribution < -0.4 is 0 Å². The zero-order valence-electron chi connectivity index (χ0n) is 11.3. The van der Waals surface area contributed by atoms with E-state index in [9.17, 15) is 15.0 Å². The number of halogens is 1. The number of benzene rings is 1. The van der Waals surface area contributed by atoms with Crippen molar-refractivity contribution in [3.8, 4) is 5.75 Å². The average Bonchev–Trinajstić information content (AvgIpc) is 2.37. The van der Waals surface area contributed by atoms with E-state index in [-0.39, 0.29) is 5.75 Å². The minimum Gasteiger partial charge on any atom is -0.507 e. The van der Waals surface area contributed by atoms with E-state index in [1.807, 2.05) is 6.92 Å². The summed E-state index contributed by atoms with van der Waals surface area (Å²) in [5, 5.41) is 20.6. The number of phenols is 1. The number of carboxylic acid groups (broad SMARTS) is 1. The highest BCUT2D eigenvalue weighted by Crippen LogP contribution is 2.47. The van der Waals surface area contributed by atoms with Crippen molar-refractivity contribution in [1.29, 1.82) is 0 Å². The van der Waals surface area contributed by atoms with Crippen LogP contribution in [0.4, 0.5) is 0 Å². The number of aromatic hydroxyl groups is 1. The molecule has 0 aromatic heterocycles. The fourth-order valence-electron chi connectivity index (χ4n) is 3.19. The first kappa shape index (κ1) is 14.2. The van der Waals surface area contributed by atoms with Crippen molar-refractivity contribution in [2.24, 2.45) is 0 Å². The molecule has 4 heteroatoms. The Morgan fingerprint density at radius 2 is 1.84 bits per heavy atom. The van der Waals surface area contributed by atoms with Gasteiger partial charge in [-0.3, -0.25) is 4.79 Å². The van der Waals surface area contributed by atoms with Crippen LogP contribution in [0.25, 0.3) is 0 Å². The third kappa shape index (κ3) is 2.20. The summed E-state index contributed by atoms with van der Waals surface area (Å²) in [7, 11) is 0. The van der Waals surface area contributed by atoms with Gasteiger partial charge >= 0.3 is 5.97 Å². The van der Waals surface area contributed by atoms with E-state index >= 15 is 0 Å². The van der Waals surface area contributed by atoms with Gasteiger partial charge in [-0.05, 0) is 38.3 Å². The molecule has 19 heavy (non-hydrogen) atoms. The molecule has 3 nitrogen and oxygen atoms in total. The number of carboxylic acids is 1. The maximum atomic E-state index is 11.8. The third-order valence-electron chi connectivity index (χ3n) is 4.28. The number of aliphatic carboxylic acids is 1. The first-order valence-corrected chi connectivity index (χ1v) is 7.00. The van der Waals surface area contributed by atoms with Crippen molar-refractivity contribution in [3.05, 3.63) is 27.8 Å². The molecule has 0 heterocycles. The van der Waals surface area contributed by atoms with Gasteiger partial charge in [-0.25, -0.2) is 0 Å². The smallest absolute Gasteiger partial charge is 0.314 e. The fourth-order valence-corrected chi connectivity index (χ4v) is 3.44. The largest absolute Gasteiger partial charge is 0.507 e. The molecular weight excluding hydrogens is 264 g/mol. The Morgan fingerprint density at radius 1 is 1.26 bits per heavy atom. The molecule has 0 radical (unpaired) electrons. The van der Waals surface area contributed by atoms with E-state index in [2.05, 4.69) is 0 Å². The molecule has 0 bridgehead atoms. The van der Waals surface area contributed by atoms with E-state index < -0.39 is 11.4 Å². The van der Waals surface area contributed by atoms with Gasteiger partial charge in [-0.1, -0.05) is 30.9 Å². The average molecular weight is 283 g/mol. The third-order valence-corrected chi connectivity index (χ3v) is 4.68. The number of rotatable bonds is 2. The number of phenolic OH excluding ortho intramolecular Hbond substituents is 1. The molecule has 1 aromatic carbocycles. The van der Waals surface area contributed by atoms with Gasteiger partial charge in [-0.2, -0.15) is 0 Å². The van der Waals surface area contributed by atoms with Crippen LogP contribution in [0.1, 0.15) is 48.8 Å². The molecule has 2 rings (SSSR count). The fraction of sp³-hybridized carbons (Fsp3) is 0.533. The molecular formula is C15H19ClO3. The second-order valence-electron chi connectivity index (χ2n) is 5.47. The molecule has 1 fully saturated rings. The molecule has 2 N–H and O–H groups in total. The van der Waals surface area contributed by atoms with Crippen molar-refractivity contribution in [1.82, 2.24) is 0 Å². The van der Waals surface area contributed by atoms with Crippen LogP contribution in [-0.2, 0) is 10.2 Å². The molecule has 0 saturated heterocycles. The molecule has 1 aromatic rings. The van der Waals surface area contributed by atoms with Gasteiger partial charge in [0.2, 0.25) is 0 Å². The summed E-state index contributed by atoms with van der Waals surface area (Å²) in [5.41, 5.74) is 0.925. The SMILES string of the molecule is Cc1cc(Cl)c(C)c(O)c1C1(C(=O)O)CCCCC1. The van der Waals surface area contributed by atoms with E-state index in [0.29, 0.717) is 29.0 Å². The van der Waals surface area contributed by atoms with Crippen LogP contribution in [0.3, 0.4) is 0 Å². The molecule has 1 aliphatic carbocycles. The molecule has 0 aliphatic heterocycles. The maximum absolute atomic E-state index is 11.8. The molecule has 0 unspecified atom stereocenters. The highest BCUT2D eigenvalue weighted by molar-refractivity contribution is 6.31. The van der Waals surface area contributed by atoms with E-state index in [0.717, 1.165) is 24.8 Å². The van der Waals surface area contributed by atoms with Crippen LogP contribution >= 0.6 is 11.6 Å². The first-order chi connectivity index (χ1) is 8.90. The summed E-state index contributed by atoms with van der Waals surface area (Å²) >= 11 is 6.05. The Bertz CT molecular complexity index is 517. The lowest BCUT2D eigenvalue weighted by atomic mass is 9.67. The summed E-state index contributed by atoms with van der Waals surface area (Å²) < 4.78 is 0. The second-order valence-corrected chi connectivity index (χ2v) is 5.88. The highest BCUT2D eigenvalue weighted by atomic mass is 35.5. The molecule has 0 spiro atoms. The number of aryl methyl sites for hydroxylation is 1. The Balaban J connectivity index is 2.67. The van der Waals surface area contributed by atoms with Gasteiger partial charge < -0.3 is 10.2 Å². The Hall–Kier alpha value is -1.22. The number of hydrogen-bond acceptors (Lipinski definition) is 2. The quantitative estimate of drug-likeness (QED) is 0.863. The van der Waals surface area contributed by atoms with Gasteiger partial charge in [0, 0.05) is 16.1 Å². The lowest BCUT2D eigenvalue weighted by Crippen LogP contribution is -2.38. The van der Waals surface area contributed by atoms with Crippen molar-refractivity contribution in [2.75, 3.05) is 0 Å². The Labute approximate surface area is 118 Å². The van der Waals surface area contributed by atoms with Gasteiger partial charge in [-0.15, -0.1) is 0 Å². The predicted molar refractivity (Wildman–Crippen MR) is 75.0 cm³/mol. The summed E-state index contributed by atoms with van der Waals surface area (Å²) in [6.07, 6.45) is 3.98. The zero-order chi connectivity index (χ0) is 14.2. The normalized spacial score (nSPS) is 18.3. The minimum absolute atomic E-state index is 0.0503. The van der Waals surface area contributed by atoms with Crippen LogP contribution in [-0.4, -0.2) is 16.2 Å². The van der Waals surface area contributed by atoms with E-state index in [1.165, 1.54) is 0 Å². The van der Waals surface area contributed by atoms with Crippen LogP contribution in [0.5, 0.6) is 5.75 Å². The van der Waals surface area contributed by atoms with Crippen LogP contribution in [0, 0.1) is 13.8 Å². The molecule has 104 valence electrons.